The molecule has 0 saturated carbocycles. The van der Waals surface area contributed by atoms with Gasteiger partial charge in [0.25, 0.3) is 11.9 Å². The molecule has 37 heavy (non-hydrogen) atoms. The maximum Gasteiger partial charge on any atom is 0.350 e. The third-order valence-electron chi connectivity index (χ3n) is 4.87. The van der Waals surface area contributed by atoms with Gasteiger partial charge in [-0.3, -0.25) is 15.2 Å². The summed E-state index contributed by atoms with van der Waals surface area (Å²) in [6.07, 6.45) is 3.01. The predicted molar refractivity (Wildman–Crippen MR) is 134 cm³/mol. The van der Waals surface area contributed by atoms with E-state index in [0.717, 1.165) is 11.6 Å². The molecule has 0 fully saturated rings. The number of benzene rings is 2. The second-order valence-electron chi connectivity index (χ2n) is 7.61. The second-order valence-corrected chi connectivity index (χ2v) is 7.61. The highest BCUT2D eigenvalue weighted by Gasteiger charge is 2.22. The number of aromatic amines is 1. The molecule has 0 bridgehead atoms. The fourth-order valence-corrected chi connectivity index (χ4v) is 3.28. The zero-order valence-corrected chi connectivity index (χ0v) is 20.0. The van der Waals surface area contributed by atoms with Gasteiger partial charge in [-0.2, -0.15) is 0 Å². The molecule has 6 N–H and O–H groups in total. The first kappa shape index (κ1) is 26.5. The van der Waals surface area contributed by atoms with Crippen LogP contribution in [0.4, 0.5) is 10.1 Å². The van der Waals surface area contributed by atoms with Crippen LogP contribution >= 0.6 is 0 Å². The molecule has 2 aromatic heterocycles. The number of carbonyl (C=O) groups is 1. The van der Waals surface area contributed by atoms with E-state index in [2.05, 4.69) is 25.4 Å². The van der Waals surface area contributed by atoms with Crippen molar-refractivity contribution in [1.29, 1.82) is 5.41 Å². The molecule has 1 atom stereocenters. The van der Waals surface area contributed by atoms with E-state index in [-0.39, 0.29) is 17.6 Å². The van der Waals surface area contributed by atoms with E-state index in [1.54, 1.807) is 48.5 Å². The van der Waals surface area contributed by atoms with Gasteiger partial charge in [0.05, 0.1) is 7.11 Å². The summed E-state index contributed by atoms with van der Waals surface area (Å²) >= 11 is 0. The van der Waals surface area contributed by atoms with Crippen molar-refractivity contribution < 1.29 is 19.0 Å². The lowest BCUT2D eigenvalue weighted by Crippen LogP contribution is -2.18. The minimum absolute atomic E-state index is 0.0515. The lowest BCUT2D eigenvalue weighted by Gasteiger charge is -2.20. The number of hydrogen-bond donors (Lipinski definition) is 5. The lowest BCUT2D eigenvalue weighted by atomic mass is 10.0. The summed E-state index contributed by atoms with van der Waals surface area (Å²) in [5.41, 5.74) is 7.28. The van der Waals surface area contributed by atoms with Crippen molar-refractivity contribution in [2.45, 2.75) is 19.6 Å². The van der Waals surface area contributed by atoms with Gasteiger partial charge in [0.1, 0.15) is 24.3 Å². The van der Waals surface area contributed by atoms with Gasteiger partial charge in [-0.25, -0.2) is 19.2 Å². The van der Waals surface area contributed by atoms with Crippen molar-refractivity contribution in [3.8, 4) is 11.7 Å². The summed E-state index contributed by atoms with van der Waals surface area (Å²) < 4.78 is 19.9. The molecule has 192 valence electrons. The Balaban J connectivity index is 0.000000886. The first-order chi connectivity index (χ1) is 17.7. The number of nitrogens with one attached hydrogen (secondary N) is 3. The molecule has 0 saturated heterocycles. The monoisotopic (exact) mass is 508 g/mol. The largest absolute Gasteiger partial charge is 0.497 e. The highest BCUT2D eigenvalue weighted by atomic mass is 19.1. The molecule has 0 aliphatic rings. The summed E-state index contributed by atoms with van der Waals surface area (Å²) in [7, 11) is 1.49. The van der Waals surface area contributed by atoms with Crippen LogP contribution < -0.4 is 21.5 Å². The quantitative estimate of drug-likeness (QED) is 0.176. The Kier molecular flexibility index (Phi) is 8.65. The number of nitrogens with zero attached hydrogens (tertiary/aromatic N) is 4. The van der Waals surface area contributed by atoms with Crippen molar-refractivity contribution in [2.75, 3.05) is 12.4 Å². The topological polar surface area (TPSA) is 185 Å². The minimum Gasteiger partial charge on any atom is -0.497 e. The Labute approximate surface area is 210 Å². The number of nitrogens with two attached hydrogens (primary N) is 1. The average Bonchev–Trinajstić information content (AvgIpc) is 3.28. The first-order valence-corrected chi connectivity index (χ1v) is 10.8. The number of alkyl halides is 1. The van der Waals surface area contributed by atoms with E-state index in [4.69, 9.17) is 25.8 Å². The van der Waals surface area contributed by atoms with Gasteiger partial charge in [-0.15, -0.1) is 9.78 Å². The number of ether oxygens (including phenoxy) is 1. The van der Waals surface area contributed by atoms with Crippen LogP contribution in [0.15, 0.2) is 65.7 Å². The van der Waals surface area contributed by atoms with Gasteiger partial charge in [0.2, 0.25) is 0 Å². The zero-order valence-electron chi connectivity index (χ0n) is 20.0. The normalized spacial score (nSPS) is 11.1. The summed E-state index contributed by atoms with van der Waals surface area (Å²) in [4.78, 5) is 32.5. The van der Waals surface area contributed by atoms with Crippen molar-refractivity contribution in [3.05, 3.63) is 93.9 Å². The molecule has 0 aliphatic carbocycles. The van der Waals surface area contributed by atoms with Crippen molar-refractivity contribution in [2.24, 2.45) is 5.73 Å². The molecular formula is C24H25FN8O4. The summed E-state index contributed by atoms with van der Waals surface area (Å²) in [6.45, 7) is 0.396. The van der Waals surface area contributed by atoms with E-state index in [1.807, 2.05) is 0 Å². The Hall–Kier alpha value is -5.07. The van der Waals surface area contributed by atoms with Gasteiger partial charge in [0, 0.05) is 30.6 Å². The highest BCUT2D eigenvalue weighted by molar-refractivity contribution is 5.95. The van der Waals surface area contributed by atoms with Crippen molar-refractivity contribution in [1.82, 2.24) is 24.7 Å². The Morgan fingerprint density at radius 1 is 1.24 bits per heavy atom. The predicted octanol–water partition coefficient (Wildman–Crippen LogP) is 2.41. The van der Waals surface area contributed by atoms with Crippen LogP contribution in [0, 0.1) is 5.41 Å². The average molecular weight is 509 g/mol. The minimum atomic E-state index is -0.833. The van der Waals surface area contributed by atoms with Crippen molar-refractivity contribution >= 4 is 17.5 Å². The van der Waals surface area contributed by atoms with Crippen LogP contribution in [0.3, 0.4) is 0 Å². The van der Waals surface area contributed by atoms with E-state index < -0.39 is 24.4 Å². The molecule has 0 spiro atoms. The Bertz CT molecular complexity index is 1390. The fourth-order valence-electron chi connectivity index (χ4n) is 3.28. The molecule has 0 aliphatic heterocycles. The number of H-pyrrole nitrogens is 1. The maximum atomic E-state index is 13.5. The second kappa shape index (κ2) is 12.1. The van der Waals surface area contributed by atoms with E-state index >= 15 is 0 Å². The Morgan fingerprint density at radius 3 is 2.46 bits per heavy atom. The number of hydrogen-bond acceptors (Lipinski definition) is 8. The SMILES string of the molecule is CC(=O)O.COc1cc(CF)cc(C(Nc2ccc(C(=N)N)cc2)c2nn(-c3ncccn3)c(=O)[nH]2)c1. The summed E-state index contributed by atoms with van der Waals surface area (Å²) in [5, 5.41) is 22.7. The molecule has 2 heterocycles. The van der Waals surface area contributed by atoms with Crippen LogP contribution in [0.1, 0.15) is 35.5 Å². The van der Waals surface area contributed by atoms with Crippen LogP contribution in [-0.4, -0.2) is 48.8 Å². The number of carboxylic acid groups (broad SMARTS) is 1. The number of nitrogen functional groups attached to an aromatic ring is 1. The molecule has 2 aromatic carbocycles. The van der Waals surface area contributed by atoms with E-state index in [1.165, 1.54) is 19.5 Å². The van der Waals surface area contributed by atoms with Crippen LogP contribution in [0.5, 0.6) is 5.75 Å². The third-order valence-corrected chi connectivity index (χ3v) is 4.87. The van der Waals surface area contributed by atoms with Crippen molar-refractivity contribution in [3.63, 3.8) is 0 Å². The maximum absolute atomic E-state index is 13.5. The van der Waals surface area contributed by atoms with Gasteiger partial charge >= 0.3 is 5.69 Å². The lowest BCUT2D eigenvalue weighted by molar-refractivity contribution is -0.134. The number of amidine groups is 1. The standard InChI is InChI=1S/C22H21FN8O2.C2H4O2/c1-33-17-10-13(12-23)9-15(11-17)18(28-16-5-3-14(4-6-16)19(24)25)20-29-22(32)31(30-20)21-26-7-2-8-27-21;1-2(3)4/h2-11,18,28H,12H2,1H3,(H3,24,25)(H,29,30,32);1H3,(H,3,4). The van der Waals surface area contributed by atoms with Crippen LogP contribution in [-0.2, 0) is 11.5 Å². The zero-order chi connectivity index (χ0) is 26.9. The van der Waals surface area contributed by atoms with Gasteiger partial charge in [-0.05, 0) is 53.6 Å². The molecule has 4 aromatic rings. The number of carboxylic acids is 1. The number of aromatic nitrogens is 5. The fraction of sp³-hybridized carbons (Fsp3) is 0.167. The van der Waals surface area contributed by atoms with E-state index in [0.29, 0.717) is 28.1 Å². The van der Waals surface area contributed by atoms with Gasteiger partial charge in [0.15, 0.2) is 5.82 Å². The number of methoxy groups -OCH3 is 1. The molecule has 0 radical (unpaired) electrons. The van der Waals surface area contributed by atoms with Crippen LogP contribution in [0.2, 0.25) is 0 Å². The highest BCUT2D eigenvalue weighted by Crippen LogP contribution is 2.29. The molecular weight excluding hydrogens is 483 g/mol. The number of anilines is 1. The number of halogens is 1. The number of rotatable bonds is 8. The summed E-state index contributed by atoms with van der Waals surface area (Å²) in [6, 6.07) is 12.8. The van der Waals surface area contributed by atoms with E-state index in [9.17, 15) is 9.18 Å². The third kappa shape index (κ3) is 6.97. The first-order valence-electron chi connectivity index (χ1n) is 10.8. The number of aliphatic carboxylic acids is 1. The van der Waals surface area contributed by atoms with Gasteiger partial charge in [-0.1, -0.05) is 6.07 Å². The van der Waals surface area contributed by atoms with Gasteiger partial charge < -0.3 is 20.9 Å². The molecule has 1 unspecified atom stereocenters. The summed E-state index contributed by atoms with van der Waals surface area (Å²) in [5.74, 6) is -0.0396. The molecule has 0 amide bonds. The molecule has 13 heteroatoms. The Morgan fingerprint density at radius 2 is 1.89 bits per heavy atom. The van der Waals surface area contributed by atoms with Crippen LogP contribution in [0.25, 0.3) is 5.95 Å². The smallest absolute Gasteiger partial charge is 0.350 e. The molecule has 4 rings (SSSR count). The molecule has 12 nitrogen and oxygen atoms in total.